The molecule has 0 unspecified atom stereocenters. The maximum absolute atomic E-state index is 11.9. The molecule has 4 nitrogen and oxygen atoms in total. The number of halogens is 1. The predicted octanol–water partition coefficient (Wildman–Crippen LogP) is 3.52. The predicted molar refractivity (Wildman–Crippen MR) is 104 cm³/mol. The van der Waals surface area contributed by atoms with Crippen molar-refractivity contribution in [2.24, 2.45) is 5.73 Å². The highest BCUT2D eigenvalue weighted by Gasteiger charge is 2.15. The summed E-state index contributed by atoms with van der Waals surface area (Å²) in [4.78, 5) is 11.9. The summed E-state index contributed by atoms with van der Waals surface area (Å²) in [5.41, 5.74) is 6.91. The molecule has 136 valence electrons. The fourth-order valence-corrected chi connectivity index (χ4v) is 3.25. The van der Waals surface area contributed by atoms with E-state index >= 15 is 0 Å². The van der Waals surface area contributed by atoms with E-state index in [2.05, 4.69) is 5.32 Å². The molecule has 1 aromatic rings. The average Bonchev–Trinajstić information content (AvgIpc) is 2.59. The standard InChI is InChI=1S/C18H28N2O2S.ClH/c1-23-12-11-17(19)18(21)20-13-14-7-9-16(10-8-14)22-15-5-3-2-4-6-15;/h7-10,15,17H,2-6,11-13,19H2,1H3,(H,20,21);1H/t17-;/m0./s1. The molecule has 1 amide bonds. The van der Waals surface area contributed by atoms with Crippen molar-refractivity contribution in [1.29, 1.82) is 0 Å². The number of nitrogens with one attached hydrogen (secondary N) is 1. The van der Waals surface area contributed by atoms with Gasteiger partial charge in [-0.3, -0.25) is 4.79 Å². The van der Waals surface area contributed by atoms with Crippen LogP contribution in [0.5, 0.6) is 5.75 Å². The molecular weight excluding hydrogens is 344 g/mol. The van der Waals surface area contributed by atoms with Crippen molar-refractivity contribution < 1.29 is 9.53 Å². The van der Waals surface area contributed by atoms with Gasteiger partial charge in [0.05, 0.1) is 12.1 Å². The molecule has 2 rings (SSSR count). The van der Waals surface area contributed by atoms with Gasteiger partial charge in [-0.1, -0.05) is 18.6 Å². The fourth-order valence-electron chi connectivity index (χ4n) is 2.76. The molecule has 3 N–H and O–H groups in total. The normalized spacial score (nSPS) is 16.1. The number of hydrogen-bond acceptors (Lipinski definition) is 4. The summed E-state index contributed by atoms with van der Waals surface area (Å²) in [7, 11) is 0. The first-order valence-electron chi connectivity index (χ1n) is 8.47. The number of hydrogen-bond donors (Lipinski definition) is 2. The van der Waals surface area contributed by atoms with Crippen molar-refractivity contribution in [3.8, 4) is 5.75 Å². The molecule has 1 aliphatic rings. The number of ether oxygens (including phenoxy) is 1. The quantitative estimate of drug-likeness (QED) is 0.732. The molecule has 1 atom stereocenters. The van der Waals surface area contributed by atoms with Crippen LogP contribution in [-0.2, 0) is 11.3 Å². The van der Waals surface area contributed by atoms with E-state index in [0.29, 0.717) is 19.1 Å². The highest BCUT2D eigenvalue weighted by atomic mass is 35.5. The van der Waals surface area contributed by atoms with Gasteiger partial charge in [0.15, 0.2) is 0 Å². The average molecular weight is 373 g/mol. The van der Waals surface area contributed by atoms with Crippen LogP contribution < -0.4 is 15.8 Å². The molecule has 1 aromatic carbocycles. The van der Waals surface area contributed by atoms with E-state index in [1.165, 1.54) is 19.3 Å². The first-order valence-corrected chi connectivity index (χ1v) is 9.86. The van der Waals surface area contributed by atoms with Gasteiger partial charge < -0.3 is 15.8 Å². The van der Waals surface area contributed by atoms with Crippen LogP contribution in [0.25, 0.3) is 0 Å². The van der Waals surface area contributed by atoms with E-state index in [9.17, 15) is 4.79 Å². The minimum absolute atomic E-state index is 0. The Labute approximate surface area is 155 Å². The van der Waals surface area contributed by atoms with Crippen LogP contribution in [-0.4, -0.2) is 30.1 Å². The Bertz CT molecular complexity index is 478. The van der Waals surface area contributed by atoms with Gasteiger partial charge in [-0.05, 0) is 61.8 Å². The molecule has 1 aliphatic carbocycles. The third-order valence-electron chi connectivity index (χ3n) is 4.21. The number of carbonyl (C=O) groups is 1. The molecule has 6 heteroatoms. The van der Waals surface area contributed by atoms with Gasteiger partial charge in [-0.2, -0.15) is 11.8 Å². The Morgan fingerprint density at radius 3 is 2.58 bits per heavy atom. The fraction of sp³-hybridized carbons (Fsp3) is 0.611. The lowest BCUT2D eigenvalue weighted by Gasteiger charge is -2.23. The molecule has 24 heavy (non-hydrogen) atoms. The highest BCUT2D eigenvalue weighted by Crippen LogP contribution is 2.23. The number of carbonyl (C=O) groups excluding carboxylic acids is 1. The Kier molecular flexibility index (Phi) is 10.2. The van der Waals surface area contributed by atoms with E-state index in [1.54, 1.807) is 11.8 Å². The lowest BCUT2D eigenvalue weighted by Crippen LogP contribution is -2.40. The molecular formula is C18H29ClN2O2S. The van der Waals surface area contributed by atoms with Crippen LogP contribution >= 0.6 is 24.2 Å². The number of amides is 1. The maximum Gasteiger partial charge on any atom is 0.237 e. The van der Waals surface area contributed by atoms with Gasteiger partial charge in [-0.25, -0.2) is 0 Å². The van der Waals surface area contributed by atoms with Gasteiger partial charge in [0.1, 0.15) is 5.75 Å². The summed E-state index contributed by atoms with van der Waals surface area (Å²) in [5.74, 6) is 1.74. The summed E-state index contributed by atoms with van der Waals surface area (Å²) in [6.45, 7) is 0.509. The van der Waals surface area contributed by atoms with E-state index in [4.69, 9.17) is 10.5 Å². The second-order valence-electron chi connectivity index (χ2n) is 6.13. The van der Waals surface area contributed by atoms with E-state index in [-0.39, 0.29) is 18.3 Å². The van der Waals surface area contributed by atoms with Crippen molar-refractivity contribution in [1.82, 2.24) is 5.32 Å². The van der Waals surface area contributed by atoms with Gasteiger partial charge in [0.2, 0.25) is 5.91 Å². The largest absolute Gasteiger partial charge is 0.490 e. The molecule has 0 spiro atoms. The summed E-state index contributed by atoms with van der Waals surface area (Å²) in [5, 5.41) is 2.89. The number of benzene rings is 1. The van der Waals surface area contributed by atoms with Crippen molar-refractivity contribution in [2.45, 2.75) is 57.2 Å². The van der Waals surface area contributed by atoms with E-state index < -0.39 is 6.04 Å². The van der Waals surface area contributed by atoms with Gasteiger partial charge >= 0.3 is 0 Å². The van der Waals surface area contributed by atoms with Crippen molar-refractivity contribution in [3.63, 3.8) is 0 Å². The topological polar surface area (TPSA) is 64.4 Å². The second kappa shape index (κ2) is 11.6. The smallest absolute Gasteiger partial charge is 0.237 e. The van der Waals surface area contributed by atoms with Crippen LogP contribution in [0.1, 0.15) is 44.1 Å². The Morgan fingerprint density at radius 2 is 1.96 bits per heavy atom. The van der Waals surface area contributed by atoms with Crippen molar-refractivity contribution >= 4 is 30.1 Å². The molecule has 0 aliphatic heterocycles. The summed E-state index contributed by atoms with van der Waals surface area (Å²) in [6.07, 6.45) is 9.28. The van der Waals surface area contributed by atoms with Crippen LogP contribution in [0, 0.1) is 0 Å². The van der Waals surface area contributed by atoms with Crippen LogP contribution in [0.3, 0.4) is 0 Å². The second-order valence-corrected chi connectivity index (χ2v) is 7.11. The van der Waals surface area contributed by atoms with Crippen molar-refractivity contribution in [3.05, 3.63) is 29.8 Å². The summed E-state index contributed by atoms with van der Waals surface area (Å²) < 4.78 is 6.01. The van der Waals surface area contributed by atoms with E-state index in [0.717, 1.165) is 29.9 Å². The Hall–Kier alpha value is -0.910. The third kappa shape index (κ3) is 7.32. The first-order chi connectivity index (χ1) is 11.2. The lowest BCUT2D eigenvalue weighted by molar-refractivity contribution is -0.122. The first kappa shape index (κ1) is 21.1. The molecule has 0 radical (unpaired) electrons. The zero-order valence-electron chi connectivity index (χ0n) is 14.3. The molecule has 0 saturated heterocycles. The SMILES string of the molecule is CSCC[C@H](N)C(=O)NCc1ccc(OC2CCCCC2)cc1.Cl. The van der Waals surface area contributed by atoms with Gasteiger partial charge in [0.25, 0.3) is 0 Å². The maximum atomic E-state index is 11.9. The molecule has 0 heterocycles. The number of nitrogens with two attached hydrogens (primary N) is 1. The minimum atomic E-state index is -0.420. The Morgan fingerprint density at radius 1 is 1.29 bits per heavy atom. The van der Waals surface area contributed by atoms with Crippen LogP contribution in [0.2, 0.25) is 0 Å². The third-order valence-corrected chi connectivity index (χ3v) is 4.86. The summed E-state index contributed by atoms with van der Waals surface area (Å²) >= 11 is 1.70. The zero-order valence-corrected chi connectivity index (χ0v) is 16.0. The molecule has 0 bridgehead atoms. The summed E-state index contributed by atoms with van der Waals surface area (Å²) in [6, 6.07) is 7.57. The minimum Gasteiger partial charge on any atom is -0.490 e. The van der Waals surface area contributed by atoms with Crippen LogP contribution in [0.4, 0.5) is 0 Å². The Balaban J connectivity index is 0.00000288. The molecule has 1 fully saturated rings. The monoisotopic (exact) mass is 372 g/mol. The van der Waals surface area contributed by atoms with Crippen molar-refractivity contribution in [2.75, 3.05) is 12.0 Å². The highest BCUT2D eigenvalue weighted by molar-refractivity contribution is 7.98. The van der Waals surface area contributed by atoms with Crippen LogP contribution in [0.15, 0.2) is 24.3 Å². The molecule has 0 aromatic heterocycles. The molecule has 1 saturated carbocycles. The zero-order chi connectivity index (χ0) is 16.5. The number of rotatable bonds is 8. The van der Waals surface area contributed by atoms with Gasteiger partial charge in [-0.15, -0.1) is 12.4 Å². The van der Waals surface area contributed by atoms with E-state index in [1.807, 2.05) is 30.5 Å². The van der Waals surface area contributed by atoms with Gasteiger partial charge in [0, 0.05) is 6.54 Å². The lowest BCUT2D eigenvalue weighted by atomic mass is 9.98. The number of thioether (sulfide) groups is 1.